The third-order valence-corrected chi connectivity index (χ3v) is 4.63. The Bertz CT molecular complexity index is 1330. The normalized spacial score (nSPS) is 11.4. The first-order chi connectivity index (χ1) is 15.2. The zero-order valence-corrected chi connectivity index (χ0v) is 16.1. The second-order valence-electron chi connectivity index (χ2n) is 6.76. The molecular weight excluding hydrogens is 428 g/mol. The number of urea groups is 1. The highest BCUT2D eigenvalue weighted by Crippen LogP contribution is 2.34. The molecule has 0 aliphatic carbocycles. The standard InChI is InChI=1S/C22H14F4N4O2/c23-18-16(22(24,25)26)7-2-8-17(18)30-21(32)29-13-5-1-4-12(10-13)19(31)15-11-28-20-14(15)6-3-9-27-20/h1-11H,(H,27,28)(H2,29,30,32). The van der Waals surface area contributed by atoms with E-state index in [0.717, 1.165) is 12.1 Å². The van der Waals surface area contributed by atoms with Crippen LogP contribution in [0.3, 0.4) is 0 Å². The molecule has 10 heteroatoms. The highest BCUT2D eigenvalue weighted by Gasteiger charge is 2.35. The minimum atomic E-state index is -4.90. The largest absolute Gasteiger partial charge is 0.419 e. The number of rotatable bonds is 4. The molecule has 2 aromatic carbocycles. The van der Waals surface area contributed by atoms with Crippen molar-refractivity contribution in [2.24, 2.45) is 0 Å². The molecular formula is C22H14F4N4O2. The molecule has 0 radical (unpaired) electrons. The van der Waals surface area contributed by atoms with E-state index in [-0.39, 0.29) is 17.0 Å². The van der Waals surface area contributed by atoms with Crippen LogP contribution in [0, 0.1) is 5.82 Å². The molecule has 2 amide bonds. The van der Waals surface area contributed by atoms with E-state index in [0.29, 0.717) is 22.7 Å². The summed E-state index contributed by atoms with van der Waals surface area (Å²) in [6, 6.07) is 11.0. The van der Waals surface area contributed by atoms with Gasteiger partial charge in [0.15, 0.2) is 11.6 Å². The van der Waals surface area contributed by atoms with Crippen molar-refractivity contribution in [2.75, 3.05) is 10.6 Å². The molecule has 0 atom stereocenters. The predicted molar refractivity (Wildman–Crippen MR) is 110 cm³/mol. The van der Waals surface area contributed by atoms with E-state index in [1.165, 1.54) is 24.4 Å². The molecule has 0 fully saturated rings. The van der Waals surface area contributed by atoms with Gasteiger partial charge in [0.05, 0.1) is 11.3 Å². The van der Waals surface area contributed by atoms with Gasteiger partial charge < -0.3 is 15.6 Å². The number of carbonyl (C=O) groups is 2. The van der Waals surface area contributed by atoms with Gasteiger partial charge >= 0.3 is 12.2 Å². The van der Waals surface area contributed by atoms with E-state index in [1.807, 2.05) is 5.32 Å². The molecule has 2 aromatic heterocycles. The van der Waals surface area contributed by atoms with Gasteiger partial charge in [-0.05, 0) is 36.4 Å². The summed E-state index contributed by atoms with van der Waals surface area (Å²) >= 11 is 0. The Hall–Kier alpha value is -4.21. The maximum absolute atomic E-state index is 14.1. The molecule has 4 aromatic rings. The molecule has 2 heterocycles. The predicted octanol–water partition coefficient (Wildman–Crippen LogP) is 5.60. The first kappa shape index (κ1) is 21.0. The molecule has 0 spiro atoms. The maximum atomic E-state index is 14.1. The zero-order valence-electron chi connectivity index (χ0n) is 16.1. The van der Waals surface area contributed by atoms with Crippen molar-refractivity contribution < 1.29 is 27.2 Å². The molecule has 3 N–H and O–H groups in total. The topological polar surface area (TPSA) is 86.9 Å². The number of aromatic nitrogens is 2. The zero-order chi connectivity index (χ0) is 22.9. The number of aromatic amines is 1. The lowest BCUT2D eigenvalue weighted by atomic mass is 10.0. The lowest BCUT2D eigenvalue weighted by Gasteiger charge is -2.13. The van der Waals surface area contributed by atoms with Crippen LogP contribution in [-0.2, 0) is 6.18 Å². The number of amides is 2. The number of benzene rings is 2. The van der Waals surface area contributed by atoms with E-state index >= 15 is 0 Å². The lowest BCUT2D eigenvalue weighted by molar-refractivity contribution is -0.139. The second kappa shape index (κ2) is 8.14. The molecule has 0 saturated carbocycles. The first-order valence-corrected chi connectivity index (χ1v) is 9.24. The number of fused-ring (bicyclic) bond motifs is 1. The average Bonchev–Trinajstić information content (AvgIpc) is 3.18. The Labute approximate surface area is 178 Å². The van der Waals surface area contributed by atoms with Gasteiger partial charge in [-0.25, -0.2) is 14.2 Å². The van der Waals surface area contributed by atoms with Crippen LogP contribution in [-0.4, -0.2) is 21.8 Å². The third-order valence-electron chi connectivity index (χ3n) is 4.63. The number of hydrogen-bond donors (Lipinski definition) is 3. The van der Waals surface area contributed by atoms with Crippen molar-refractivity contribution in [1.82, 2.24) is 9.97 Å². The number of nitrogens with one attached hydrogen (secondary N) is 3. The van der Waals surface area contributed by atoms with E-state index in [9.17, 15) is 27.2 Å². The molecule has 32 heavy (non-hydrogen) atoms. The summed E-state index contributed by atoms with van der Waals surface area (Å²) in [5.74, 6) is -1.91. The first-order valence-electron chi connectivity index (χ1n) is 9.24. The minimum absolute atomic E-state index is 0.193. The fourth-order valence-corrected chi connectivity index (χ4v) is 3.17. The Morgan fingerprint density at radius 1 is 0.969 bits per heavy atom. The van der Waals surface area contributed by atoms with Crippen LogP contribution < -0.4 is 10.6 Å². The molecule has 162 valence electrons. The van der Waals surface area contributed by atoms with E-state index in [4.69, 9.17) is 0 Å². The van der Waals surface area contributed by atoms with Gasteiger partial charge in [-0.3, -0.25) is 4.79 Å². The number of alkyl halides is 3. The van der Waals surface area contributed by atoms with Crippen LogP contribution in [0.1, 0.15) is 21.5 Å². The molecule has 6 nitrogen and oxygen atoms in total. The summed E-state index contributed by atoms with van der Waals surface area (Å²) in [4.78, 5) is 32.1. The number of ketones is 1. The van der Waals surface area contributed by atoms with Crippen LogP contribution in [0.4, 0.5) is 33.7 Å². The summed E-state index contributed by atoms with van der Waals surface area (Å²) in [5.41, 5.74) is -0.725. The number of pyridine rings is 1. The number of halogens is 4. The second-order valence-corrected chi connectivity index (χ2v) is 6.76. The van der Waals surface area contributed by atoms with Crippen molar-refractivity contribution in [1.29, 1.82) is 0 Å². The Morgan fingerprint density at radius 3 is 2.53 bits per heavy atom. The smallest absolute Gasteiger partial charge is 0.345 e. The Kier molecular flexibility index (Phi) is 5.35. The van der Waals surface area contributed by atoms with Gasteiger partial charge in [-0.2, -0.15) is 13.2 Å². The summed E-state index contributed by atoms with van der Waals surface area (Å²) < 4.78 is 52.6. The summed E-state index contributed by atoms with van der Waals surface area (Å²) in [6.45, 7) is 0. The molecule has 0 unspecified atom stereocenters. The summed E-state index contributed by atoms with van der Waals surface area (Å²) in [6.07, 6.45) is -1.78. The van der Waals surface area contributed by atoms with Gasteiger partial charge in [-0.1, -0.05) is 18.2 Å². The van der Waals surface area contributed by atoms with Crippen molar-refractivity contribution in [3.05, 3.63) is 89.5 Å². The van der Waals surface area contributed by atoms with E-state index < -0.39 is 29.3 Å². The quantitative estimate of drug-likeness (QED) is 0.284. The maximum Gasteiger partial charge on any atom is 0.419 e. The highest BCUT2D eigenvalue weighted by molar-refractivity contribution is 6.16. The summed E-state index contributed by atoms with van der Waals surface area (Å²) in [7, 11) is 0. The minimum Gasteiger partial charge on any atom is -0.345 e. The van der Waals surface area contributed by atoms with Crippen molar-refractivity contribution in [2.45, 2.75) is 6.18 Å². The lowest BCUT2D eigenvalue weighted by Crippen LogP contribution is -2.21. The average molecular weight is 442 g/mol. The summed E-state index contributed by atoms with van der Waals surface area (Å²) in [5, 5.41) is 5.06. The monoisotopic (exact) mass is 442 g/mol. The van der Waals surface area contributed by atoms with Gasteiger partial charge in [0.2, 0.25) is 0 Å². The van der Waals surface area contributed by atoms with E-state index in [1.54, 1.807) is 24.4 Å². The molecule has 4 rings (SSSR count). The third kappa shape index (κ3) is 4.15. The molecule has 0 aliphatic rings. The number of H-pyrrole nitrogens is 1. The number of anilines is 2. The van der Waals surface area contributed by atoms with Crippen molar-refractivity contribution in [3.63, 3.8) is 0 Å². The van der Waals surface area contributed by atoms with Crippen LogP contribution in [0.25, 0.3) is 11.0 Å². The highest BCUT2D eigenvalue weighted by atomic mass is 19.4. The van der Waals surface area contributed by atoms with Crippen LogP contribution in [0.15, 0.2) is 67.0 Å². The molecule has 0 aliphatic heterocycles. The van der Waals surface area contributed by atoms with Crippen LogP contribution in [0.5, 0.6) is 0 Å². The van der Waals surface area contributed by atoms with E-state index in [2.05, 4.69) is 15.3 Å². The molecule has 0 bridgehead atoms. The number of nitrogens with zero attached hydrogens (tertiary/aromatic N) is 1. The number of hydrogen-bond acceptors (Lipinski definition) is 3. The fraction of sp³-hybridized carbons (Fsp3) is 0.0455. The number of carbonyl (C=O) groups excluding carboxylic acids is 2. The van der Waals surface area contributed by atoms with Gasteiger partial charge in [-0.15, -0.1) is 0 Å². The van der Waals surface area contributed by atoms with Gasteiger partial charge in [0.1, 0.15) is 5.65 Å². The Morgan fingerprint density at radius 2 is 1.75 bits per heavy atom. The Balaban J connectivity index is 1.52. The molecule has 0 saturated heterocycles. The van der Waals surface area contributed by atoms with Crippen molar-refractivity contribution >= 4 is 34.2 Å². The van der Waals surface area contributed by atoms with Crippen molar-refractivity contribution in [3.8, 4) is 0 Å². The fourth-order valence-electron chi connectivity index (χ4n) is 3.17. The SMILES string of the molecule is O=C(Nc1cccc(C(=O)c2c[nH]c3ncccc23)c1)Nc1cccc(C(F)(F)F)c1F. The van der Waals surface area contributed by atoms with Gasteiger partial charge in [0, 0.05) is 34.6 Å². The van der Waals surface area contributed by atoms with Crippen LogP contribution in [0.2, 0.25) is 0 Å². The van der Waals surface area contributed by atoms with Crippen LogP contribution >= 0.6 is 0 Å². The van der Waals surface area contributed by atoms with Gasteiger partial charge in [0.25, 0.3) is 0 Å².